The molecular formula is C24H26F5KN4O3S. The summed E-state index contributed by atoms with van der Waals surface area (Å²) < 4.78 is 70.1. The van der Waals surface area contributed by atoms with Gasteiger partial charge in [0.25, 0.3) is 0 Å². The Hall–Kier alpha value is -1.29. The molecule has 0 amide bonds. The monoisotopic (exact) mass is 584 g/mol. The van der Waals surface area contributed by atoms with Gasteiger partial charge >= 0.3 is 69.2 Å². The summed E-state index contributed by atoms with van der Waals surface area (Å²) in [5.74, 6) is -9.77. The van der Waals surface area contributed by atoms with Crippen LogP contribution in [0.15, 0.2) is 35.7 Å². The van der Waals surface area contributed by atoms with Gasteiger partial charge in [0.2, 0.25) is 0 Å². The molecule has 4 rings (SSSR count). The fourth-order valence-corrected chi connectivity index (χ4v) is 4.28. The zero-order valence-electron chi connectivity index (χ0n) is 21.6. The third kappa shape index (κ3) is 8.35. The van der Waals surface area contributed by atoms with Crippen LogP contribution in [0.1, 0.15) is 31.9 Å². The fraction of sp³-hybridized carbons (Fsp3) is 0.458. The van der Waals surface area contributed by atoms with Crippen LogP contribution in [0.3, 0.4) is 0 Å². The Morgan fingerprint density at radius 1 is 1.18 bits per heavy atom. The van der Waals surface area contributed by atoms with Crippen molar-refractivity contribution in [3.63, 3.8) is 0 Å². The van der Waals surface area contributed by atoms with Gasteiger partial charge in [-0.3, -0.25) is 4.79 Å². The molecule has 1 saturated heterocycles. The number of aryl methyl sites for hydroxylation is 1. The van der Waals surface area contributed by atoms with Gasteiger partial charge in [0, 0.05) is 19.0 Å². The molecule has 0 aliphatic carbocycles. The van der Waals surface area contributed by atoms with Gasteiger partial charge in [0.15, 0.2) is 5.16 Å². The number of carbonyl (C=O) groups is 1. The second-order valence-electron chi connectivity index (χ2n) is 9.67. The van der Waals surface area contributed by atoms with Crippen LogP contribution in [0.5, 0.6) is 0 Å². The quantitative estimate of drug-likeness (QED) is 0.202. The first-order chi connectivity index (χ1) is 17.0. The number of hydrogen-bond donors (Lipinski definition) is 1. The first kappa shape index (κ1) is 32.9. The van der Waals surface area contributed by atoms with Crippen LogP contribution >= 0.6 is 11.8 Å². The fourth-order valence-electron chi connectivity index (χ4n) is 3.52. The van der Waals surface area contributed by atoms with Crippen molar-refractivity contribution in [3.05, 3.63) is 47.5 Å². The van der Waals surface area contributed by atoms with Gasteiger partial charge < -0.3 is 19.7 Å². The predicted octanol–water partition coefficient (Wildman–Crippen LogP) is 1.27. The number of anilines is 1. The van der Waals surface area contributed by atoms with Gasteiger partial charge in [-0.1, -0.05) is 44.7 Å². The van der Waals surface area contributed by atoms with E-state index in [0.717, 1.165) is 4.90 Å². The SMILES string of the molecule is CC(C)(C)[O-].Cn1cc(N2CC(F)(F)C(F)(F)C2)c2nc(SCc3ccc(F)c(CC(=O)O)c3)ncc21.[K+]. The molecule has 0 saturated carbocycles. The molecule has 3 aromatic rings. The van der Waals surface area contributed by atoms with Crippen LogP contribution in [0.4, 0.5) is 27.6 Å². The zero-order chi connectivity index (χ0) is 27.8. The average molecular weight is 585 g/mol. The molecule has 0 spiro atoms. The summed E-state index contributed by atoms with van der Waals surface area (Å²) in [6, 6.07) is 4.13. The molecule has 1 aliphatic heterocycles. The summed E-state index contributed by atoms with van der Waals surface area (Å²) in [4.78, 5) is 20.4. The molecule has 14 heteroatoms. The molecule has 3 heterocycles. The van der Waals surface area contributed by atoms with E-state index in [-0.39, 0.29) is 73.3 Å². The van der Waals surface area contributed by atoms with Crippen LogP contribution in [-0.4, -0.2) is 56.1 Å². The minimum Gasteiger partial charge on any atom is -0.850 e. The number of halogens is 5. The van der Waals surface area contributed by atoms with E-state index in [9.17, 15) is 31.9 Å². The second kappa shape index (κ2) is 12.5. The third-order valence-corrected chi connectivity index (χ3v) is 6.09. The topological polar surface area (TPSA) is 94.3 Å². The van der Waals surface area contributed by atoms with E-state index in [2.05, 4.69) is 9.97 Å². The van der Waals surface area contributed by atoms with Crippen molar-refractivity contribution in [2.75, 3.05) is 18.0 Å². The maximum Gasteiger partial charge on any atom is 1.00 e. The summed E-state index contributed by atoms with van der Waals surface area (Å²) in [7, 11) is 1.64. The Morgan fingerprint density at radius 3 is 2.32 bits per heavy atom. The van der Waals surface area contributed by atoms with E-state index >= 15 is 0 Å². The van der Waals surface area contributed by atoms with Gasteiger partial charge in [0.05, 0.1) is 36.9 Å². The number of carboxylic acid groups (broad SMARTS) is 1. The van der Waals surface area contributed by atoms with E-state index < -0.39 is 48.7 Å². The Labute approximate surface area is 263 Å². The maximum absolute atomic E-state index is 13.8. The third-order valence-electron chi connectivity index (χ3n) is 5.16. The number of carboxylic acids is 1. The van der Waals surface area contributed by atoms with Crippen molar-refractivity contribution in [2.45, 2.75) is 55.5 Å². The summed E-state index contributed by atoms with van der Waals surface area (Å²) in [6.45, 7) is 2.66. The van der Waals surface area contributed by atoms with Gasteiger partial charge in [-0.2, -0.15) is 17.6 Å². The minimum absolute atomic E-state index is 0. The first-order valence-corrected chi connectivity index (χ1v) is 12.1. The Kier molecular flexibility index (Phi) is 10.8. The van der Waals surface area contributed by atoms with Crippen LogP contribution in [0.2, 0.25) is 0 Å². The molecule has 0 radical (unpaired) electrons. The molecule has 202 valence electrons. The zero-order valence-corrected chi connectivity index (χ0v) is 25.5. The Bertz CT molecular complexity index is 1280. The summed E-state index contributed by atoms with van der Waals surface area (Å²) in [5.41, 5.74) is 0.864. The molecular weight excluding hydrogens is 558 g/mol. The summed E-state index contributed by atoms with van der Waals surface area (Å²) in [5, 5.41) is 19.3. The standard InChI is InChI=1S/C20H17F5N4O2S.C4H9O.K/c1-28-7-15(29-9-19(22,23)20(24,25)10-29)17-14(28)6-26-18(27-17)32-8-11-2-3-13(21)12(4-11)5-16(30)31;1-4(2,3)5;/h2-4,6-7H,5,8-10H2,1H3,(H,30,31);1-3H3;/q;-1;+1. The first-order valence-electron chi connectivity index (χ1n) is 11.1. The van der Waals surface area contributed by atoms with Crippen molar-refractivity contribution in [1.29, 1.82) is 0 Å². The Balaban J connectivity index is 0.000000774. The number of aromatic nitrogens is 3. The van der Waals surface area contributed by atoms with Crippen LogP contribution in [0.25, 0.3) is 11.0 Å². The number of hydrogen-bond acceptors (Lipinski definition) is 6. The minimum atomic E-state index is -4.14. The van der Waals surface area contributed by atoms with Crippen molar-refractivity contribution in [2.24, 2.45) is 7.05 Å². The number of benzene rings is 1. The number of thioether (sulfide) groups is 1. The van der Waals surface area contributed by atoms with E-state index in [0.29, 0.717) is 16.8 Å². The molecule has 7 nitrogen and oxygen atoms in total. The molecule has 0 bridgehead atoms. The molecule has 2 aromatic heterocycles. The van der Waals surface area contributed by atoms with E-state index in [4.69, 9.17) is 5.11 Å². The van der Waals surface area contributed by atoms with Crippen molar-refractivity contribution < 1.29 is 88.3 Å². The molecule has 0 unspecified atom stereocenters. The number of rotatable bonds is 6. The molecule has 1 aromatic carbocycles. The number of nitrogens with zero attached hydrogens (tertiary/aromatic N) is 4. The van der Waals surface area contributed by atoms with Crippen LogP contribution in [-0.2, 0) is 24.0 Å². The molecule has 1 N–H and O–H groups in total. The van der Waals surface area contributed by atoms with Gasteiger partial charge in [-0.05, 0) is 17.2 Å². The number of aliphatic carboxylic acids is 1. The number of alkyl halides is 4. The van der Waals surface area contributed by atoms with Gasteiger partial charge in [0.1, 0.15) is 11.3 Å². The predicted molar refractivity (Wildman–Crippen MR) is 128 cm³/mol. The molecule has 38 heavy (non-hydrogen) atoms. The summed E-state index contributed by atoms with van der Waals surface area (Å²) in [6.07, 6.45) is 2.48. The van der Waals surface area contributed by atoms with E-state index in [1.54, 1.807) is 32.4 Å². The maximum atomic E-state index is 13.8. The summed E-state index contributed by atoms with van der Waals surface area (Å²) >= 11 is 1.17. The number of fused-ring (bicyclic) bond motifs is 1. The van der Waals surface area contributed by atoms with Crippen LogP contribution < -0.4 is 61.4 Å². The normalized spacial score (nSPS) is 16.1. The van der Waals surface area contributed by atoms with Gasteiger partial charge in [-0.15, -0.1) is 5.60 Å². The van der Waals surface area contributed by atoms with Crippen molar-refractivity contribution in [3.8, 4) is 0 Å². The molecule has 1 fully saturated rings. The molecule has 1 aliphatic rings. The van der Waals surface area contributed by atoms with Crippen molar-refractivity contribution >= 4 is 34.5 Å². The largest absolute Gasteiger partial charge is 1.00 e. The second-order valence-corrected chi connectivity index (χ2v) is 10.6. The molecule has 0 atom stereocenters. The van der Waals surface area contributed by atoms with Crippen molar-refractivity contribution in [1.82, 2.24) is 14.5 Å². The average Bonchev–Trinajstić information content (AvgIpc) is 3.18. The van der Waals surface area contributed by atoms with Crippen LogP contribution in [0, 0.1) is 5.82 Å². The van der Waals surface area contributed by atoms with Gasteiger partial charge in [-0.25, -0.2) is 14.4 Å². The van der Waals surface area contributed by atoms with E-state index in [1.165, 1.54) is 42.4 Å². The smallest absolute Gasteiger partial charge is 0.850 e. The Morgan fingerprint density at radius 2 is 1.76 bits per heavy atom. The van der Waals surface area contributed by atoms with E-state index in [1.807, 2.05) is 0 Å².